The largest absolute Gasteiger partial charge is 0.494 e. The van der Waals surface area contributed by atoms with E-state index in [9.17, 15) is 9.59 Å². The summed E-state index contributed by atoms with van der Waals surface area (Å²) in [6.45, 7) is 9.70. The second-order valence-corrected chi connectivity index (χ2v) is 8.48. The average Bonchev–Trinajstić information content (AvgIpc) is 2.74. The summed E-state index contributed by atoms with van der Waals surface area (Å²) in [7, 11) is 0. The van der Waals surface area contributed by atoms with Gasteiger partial charge in [-0.15, -0.1) is 0 Å². The number of ether oxygens (including phenoxy) is 2. The van der Waals surface area contributed by atoms with Gasteiger partial charge < -0.3 is 9.47 Å². The van der Waals surface area contributed by atoms with E-state index < -0.39 is 5.60 Å². The van der Waals surface area contributed by atoms with Crippen LogP contribution in [0.4, 0.5) is 0 Å². The van der Waals surface area contributed by atoms with E-state index in [-0.39, 0.29) is 10.9 Å². The Labute approximate surface area is 193 Å². The molecule has 0 atom stereocenters. The lowest BCUT2D eigenvalue weighted by Crippen LogP contribution is -2.30. The first kappa shape index (κ1) is 23.5. The zero-order valence-electron chi connectivity index (χ0n) is 18.9. The summed E-state index contributed by atoms with van der Waals surface area (Å²) in [5.41, 5.74) is 2.69. The molecule has 0 radical (unpaired) electrons. The zero-order chi connectivity index (χ0) is 23.5. The van der Waals surface area contributed by atoms with Crippen molar-refractivity contribution in [1.29, 1.82) is 0 Å². The van der Waals surface area contributed by atoms with E-state index in [1.807, 2.05) is 45.0 Å². The van der Waals surface area contributed by atoms with Gasteiger partial charge in [-0.2, -0.15) is 0 Å². The number of carbonyl (C=O) groups excluding carboxylic acids is 2. The number of rotatable bonds is 8. The van der Waals surface area contributed by atoms with Crippen molar-refractivity contribution in [1.82, 2.24) is 4.98 Å². The van der Waals surface area contributed by atoms with Gasteiger partial charge in [0.15, 0.2) is 17.7 Å². The molecule has 3 rings (SSSR count). The number of halogens is 1. The number of aldehydes is 1. The Kier molecular flexibility index (Phi) is 6.99. The molecular weight excluding hydrogens is 426 g/mol. The van der Waals surface area contributed by atoms with E-state index in [2.05, 4.69) is 4.98 Å². The van der Waals surface area contributed by atoms with Gasteiger partial charge in [0, 0.05) is 11.5 Å². The number of allylic oxidation sites excluding steroid dienone is 1. The number of hydrogen-bond acceptors (Lipinski definition) is 5. The van der Waals surface area contributed by atoms with E-state index in [1.54, 1.807) is 32.1 Å². The van der Waals surface area contributed by atoms with Crippen molar-refractivity contribution >= 4 is 40.6 Å². The van der Waals surface area contributed by atoms with Crippen molar-refractivity contribution in [3.05, 3.63) is 69.9 Å². The van der Waals surface area contributed by atoms with E-state index in [0.717, 1.165) is 28.4 Å². The third-order valence-corrected chi connectivity index (χ3v) is 5.17. The highest BCUT2D eigenvalue weighted by atomic mass is 35.5. The summed E-state index contributed by atoms with van der Waals surface area (Å²) in [5, 5.41) is 0.952. The molecule has 3 aromatic rings. The smallest absolute Gasteiger partial charge is 0.188 e. The van der Waals surface area contributed by atoms with Crippen molar-refractivity contribution in [3.8, 4) is 11.5 Å². The SMILES string of the molecule is CCOc1ccc2cc(C(=O)/C=C/c3cc(C)c(OC(C)(C)C=O)c(C)c3)c(Cl)nc2c1. The Bertz CT molecular complexity index is 1190. The Balaban J connectivity index is 1.86. The topological polar surface area (TPSA) is 65.5 Å². The van der Waals surface area contributed by atoms with Gasteiger partial charge in [-0.1, -0.05) is 17.7 Å². The number of fused-ring (bicyclic) bond motifs is 1. The predicted molar refractivity (Wildman–Crippen MR) is 128 cm³/mol. The first-order chi connectivity index (χ1) is 15.1. The molecule has 0 aliphatic rings. The monoisotopic (exact) mass is 451 g/mol. The lowest BCUT2D eigenvalue weighted by molar-refractivity contribution is -0.119. The van der Waals surface area contributed by atoms with Crippen LogP contribution in [0.15, 0.2) is 42.5 Å². The van der Waals surface area contributed by atoms with Gasteiger partial charge in [-0.25, -0.2) is 4.98 Å². The quantitative estimate of drug-likeness (QED) is 0.178. The van der Waals surface area contributed by atoms with E-state index in [1.165, 1.54) is 6.08 Å². The van der Waals surface area contributed by atoms with Crippen LogP contribution in [0, 0.1) is 13.8 Å². The number of ketones is 1. The summed E-state index contributed by atoms with van der Waals surface area (Å²) in [6.07, 6.45) is 3.99. The summed E-state index contributed by atoms with van der Waals surface area (Å²) in [6, 6.07) is 11.0. The van der Waals surface area contributed by atoms with Gasteiger partial charge in [-0.3, -0.25) is 9.59 Å². The fourth-order valence-electron chi connectivity index (χ4n) is 3.34. The minimum Gasteiger partial charge on any atom is -0.494 e. The van der Waals surface area contributed by atoms with Crippen molar-refractivity contribution < 1.29 is 19.1 Å². The van der Waals surface area contributed by atoms with Crippen LogP contribution < -0.4 is 9.47 Å². The number of hydrogen-bond donors (Lipinski definition) is 0. The number of pyridine rings is 1. The van der Waals surface area contributed by atoms with Gasteiger partial charge in [0.1, 0.15) is 16.7 Å². The van der Waals surface area contributed by atoms with Crippen molar-refractivity contribution in [2.24, 2.45) is 0 Å². The molecule has 0 fully saturated rings. The number of aromatic nitrogens is 1. The first-order valence-corrected chi connectivity index (χ1v) is 10.7. The van der Waals surface area contributed by atoms with Gasteiger partial charge >= 0.3 is 0 Å². The Morgan fingerprint density at radius 1 is 1.12 bits per heavy atom. The molecule has 32 heavy (non-hydrogen) atoms. The molecule has 1 heterocycles. The van der Waals surface area contributed by atoms with Crippen molar-refractivity contribution in [2.45, 2.75) is 40.2 Å². The molecule has 0 aliphatic carbocycles. The molecule has 5 nitrogen and oxygen atoms in total. The Morgan fingerprint density at radius 3 is 2.44 bits per heavy atom. The van der Waals surface area contributed by atoms with Crippen molar-refractivity contribution in [3.63, 3.8) is 0 Å². The third kappa shape index (κ3) is 5.35. The van der Waals surface area contributed by atoms with Crippen LogP contribution in [0.5, 0.6) is 11.5 Å². The minimum absolute atomic E-state index is 0.146. The lowest BCUT2D eigenvalue weighted by Gasteiger charge is -2.23. The predicted octanol–water partition coefficient (Wildman–Crippen LogP) is 6.16. The molecule has 0 saturated carbocycles. The average molecular weight is 452 g/mol. The fraction of sp³-hybridized carbons (Fsp3) is 0.269. The van der Waals surface area contributed by atoms with Crippen LogP contribution in [0.25, 0.3) is 17.0 Å². The molecule has 0 saturated heterocycles. The lowest BCUT2D eigenvalue weighted by atomic mass is 10.0. The maximum Gasteiger partial charge on any atom is 0.188 e. The minimum atomic E-state index is -0.911. The molecule has 1 aromatic heterocycles. The van der Waals surface area contributed by atoms with Gasteiger partial charge in [0.05, 0.1) is 17.7 Å². The van der Waals surface area contributed by atoms with Crippen LogP contribution in [-0.4, -0.2) is 29.3 Å². The Hall–Kier alpha value is -3.18. The highest BCUT2D eigenvalue weighted by Crippen LogP contribution is 2.29. The molecule has 0 unspecified atom stereocenters. The van der Waals surface area contributed by atoms with E-state index >= 15 is 0 Å². The molecule has 0 N–H and O–H groups in total. The van der Waals surface area contributed by atoms with Gasteiger partial charge in [0.25, 0.3) is 0 Å². The molecular formula is C26H26ClNO4. The van der Waals surface area contributed by atoms with Crippen molar-refractivity contribution in [2.75, 3.05) is 6.61 Å². The van der Waals surface area contributed by atoms with Crippen LogP contribution in [0.1, 0.15) is 47.8 Å². The Morgan fingerprint density at radius 2 is 1.81 bits per heavy atom. The zero-order valence-corrected chi connectivity index (χ0v) is 19.6. The molecule has 166 valence electrons. The van der Waals surface area contributed by atoms with E-state index in [0.29, 0.717) is 29.2 Å². The molecule has 0 spiro atoms. The molecule has 6 heteroatoms. The molecule has 0 amide bonds. The van der Waals surface area contributed by atoms with Gasteiger partial charge in [-0.05, 0) is 87.7 Å². The summed E-state index contributed by atoms with van der Waals surface area (Å²) >= 11 is 6.30. The molecule has 0 aliphatic heterocycles. The number of nitrogens with zero attached hydrogens (tertiary/aromatic N) is 1. The maximum atomic E-state index is 12.8. The fourth-order valence-corrected chi connectivity index (χ4v) is 3.58. The number of aryl methyl sites for hydroxylation is 2. The summed E-state index contributed by atoms with van der Waals surface area (Å²) in [5.74, 6) is 1.13. The summed E-state index contributed by atoms with van der Waals surface area (Å²) < 4.78 is 11.3. The first-order valence-electron chi connectivity index (χ1n) is 10.4. The second-order valence-electron chi connectivity index (χ2n) is 8.12. The van der Waals surface area contributed by atoms with Gasteiger partial charge in [0.2, 0.25) is 0 Å². The van der Waals surface area contributed by atoms with Crippen LogP contribution in [-0.2, 0) is 4.79 Å². The van der Waals surface area contributed by atoms with Crippen LogP contribution >= 0.6 is 11.6 Å². The van der Waals surface area contributed by atoms with Crippen LogP contribution in [0.3, 0.4) is 0 Å². The second kappa shape index (κ2) is 9.53. The normalized spacial score (nSPS) is 11.7. The molecule has 0 bridgehead atoms. The number of carbonyl (C=O) groups is 2. The maximum absolute atomic E-state index is 12.8. The number of benzene rings is 2. The standard InChI is InChI=1S/C26H26ClNO4/c1-6-31-20-9-8-19-13-21(25(27)28-22(19)14-20)23(30)10-7-18-11-16(2)24(17(3)12-18)32-26(4,5)15-29/h7-15H,6H2,1-5H3/b10-7+. The summed E-state index contributed by atoms with van der Waals surface area (Å²) in [4.78, 5) is 28.4. The third-order valence-electron chi connectivity index (χ3n) is 4.88. The van der Waals surface area contributed by atoms with Crippen LogP contribution in [0.2, 0.25) is 5.15 Å². The molecule has 2 aromatic carbocycles. The highest BCUT2D eigenvalue weighted by molar-refractivity contribution is 6.34. The highest BCUT2D eigenvalue weighted by Gasteiger charge is 2.20. The van der Waals surface area contributed by atoms with E-state index in [4.69, 9.17) is 21.1 Å².